The van der Waals surface area contributed by atoms with Crippen molar-refractivity contribution in [3.63, 3.8) is 0 Å². The SMILES string of the molecule is O=S(=O)(Cc1ccc(Cl)c(Cl)c1)NCCC1COCc2ccccc21. The highest BCUT2D eigenvalue weighted by molar-refractivity contribution is 7.88. The largest absolute Gasteiger partial charge is 0.376 e. The molecule has 0 radical (unpaired) electrons. The van der Waals surface area contributed by atoms with Crippen LogP contribution in [-0.2, 0) is 27.1 Å². The summed E-state index contributed by atoms with van der Waals surface area (Å²) in [5, 5.41) is 0.761. The topological polar surface area (TPSA) is 55.4 Å². The zero-order valence-corrected chi connectivity index (χ0v) is 15.9. The van der Waals surface area contributed by atoms with Crippen LogP contribution in [0.15, 0.2) is 42.5 Å². The fourth-order valence-electron chi connectivity index (χ4n) is 2.99. The molecule has 2 aromatic carbocycles. The van der Waals surface area contributed by atoms with Gasteiger partial charge in [0.05, 0.1) is 29.0 Å². The minimum Gasteiger partial charge on any atom is -0.376 e. The minimum atomic E-state index is -3.43. The van der Waals surface area contributed by atoms with Crippen LogP contribution in [0.3, 0.4) is 0 Å². The van der Waals surface area contributed by atoms with Gasteiger partial charge in [-0.15, -0.1) is 0 Å². The Morgan fingerprint density at radius 1 is 1.12 bits per heavy atom. The normalized spacial score (nSPS) is 17.3. The molecule has 0 aromatic heterocycles. The summed E-state index contributed by atoms with van der Waals surface area (Å²) in [5.41, 5.74) is 3.03. The third kappa shape index (κ3) is 4.96. The molecule has 1 unspecified atom stereocenters. The van der Waals surface area contributed by atoms with Crippen LogP contribution < -0.4 is 4.72 Å². The van der Waals surface area contributed by atoms with Crippen molar-refractivity contribution in [2.24, 2.45) is 0 Å². The summed E-state index contributed by atoms with van der Waals surface area (Å²) in [5.74, 6) is 0.0828. The monoisotopic (exact) mass is 399 g/mol. The number of rotatable bonds is 6. The molecule has 7 heteroatoms. The smallest absolute Gasteiger partial charge is 0.215 e. The Morgan fingerprint density at radius 2 is 1.92 bits per heavy atom. The Morgan fingerprint density at radius 3 is 2.72 bits per heavy atom. The van der Waals surface area contributed by atoms with Gasteiger partial charge in [0.15, 0.2) is 0 Å². The number of benzene rings is 2. The van der Waals surface area contributed by atoms with Gasteiger partial charge in [-0.3, -0.25) is 0 Å². The molecule has 3 rings (SSSR count). The second kappa shape index (κ2) is 8.06. The van der Waals surface area contributed by atoms with Crippen LogP contribution in [0.5, 0.6) is 0 Å². The van der Waals surface area contributed by atoms with E-state index in [1.54, 1.807) is 18.2 Å². The number of halogens is 2. The number of hydrogen-bond acceptors (Lipinski definition) is 3. The maximum absolute atomic E-state index is 12.3. The van der Waals surface area contributed by atoms with Crippen molar-refractivity contribution in [2.45, 2.75) is 24.7 Å². The standard InChI is InChI=1S/C18H19Cl2NO3S/c19-17-6-5-13(9-18(17)20)12-25(22,23)21-8-7-15-11-24-10-14-3-1-2-4-16(14)15/h1-6,9,15,21H,7-8,10-12H2. The lowest BCUT2D eigenvalue weighted by Gasteiger charge is -2.25. The predicted octanol–water partition coefficient (Wildman–Crippen LogP) is 4.12. The Labute approximate surface area is 158 Å². The van der Waals surface area contributed by atoms with Crippen molar-refractivity contribution in [3.8, 4) is 0 Å². The van der Waals surface area contributed by atoms with Crippen molar-refractivity contribution >= 4 is 33.2 Å². The molecule has 1 aliphatic heterocycles. The van der Waals surface area contributed by atoms with Crippen LogP contribution in [-0.4, -0.2) is 21.6 Å². The van der Waals surface area contributed by atoms with Crippen LogP contribution in [0, 0.1) is 0 Å². The molecule has 4 nitrogen and oxygen atoms in total. The molecule has 1 aliphatic rings. The lowest BCUT2D eigenvalue weighted by molar-refractivity contribution is 0.0891. The number of fused-ring (bicyclic) bond motifs is 1. The van der Waals surface area contributed by atoms with Crippen molar-refractivity contribution in [2.75, 3.05) is 13.2 Å². The summed E-state index contributed by atoms with van der Waals surface area (Å²) in [6, 6.07) is 13.0. The van der Waals surface area contributed by atoms with Gasteiger partial charge in [-0.2, -0.15) is 0 Å². The first kappa shape index (κ1) is 18.7. The van der Waals surface area contributed by atoms with Gasteiger partial charge in [0.25, 0.3) is 0 Å². The van der Waals surface area contributed by atoms with Crippen LogP contribution in [0.25, 0.3) is 0 Å². The molecule has 1 atom stereocenters. The third-order valence-corrected chi connectivity index (χ3v) is 6.32. The fourth-order valence-corrected chi connectivity index (χ4v) is 4.46. The molecule has 0 saturated carbocycles. The van der Waals surface area contributed by atoms with E-state index in [4.69, 9.17) is 27.9 Å². The minimum absolute atomic E-state index is 0.123. The van der Waals surface area contributed by atoms with Crippen molar-refractivity contribution in [1.29, 1.82) is 0 Å². The Kier molecular flexibility index (Phi) is 6.02. The van der Waals surface area contributed by atoms with Crippen molar-refractivity contribution in [3.05, 3.63) is 69.2 Å². The Hall–Kier alpha value is -1.11. The fraction of sp³-hybridized carbons (Fsp3) is 0.333. The zero-order valence-electron chi connectivity index (χ0n) is 13.5. The maximum Gasteiger partial charge on any atom is 0.215 e. The number of nitrogens with one attached hydrogen (secondary N) is 1. The summed E-state index contributed by atoms with van der Waals surface area (Å²) >= 11 is 11.8. The Balaban J connectivity index is 1.57. The van der Waals surface area contributed by atoms with E-state index in [9.17, 15) is 8.42 Å². The van der Waals surface area contributed by atoms with Crippen molar-refractivity contribution < 1.29 is 13.2 Å². The highest BCUT2D eigenvalue weighted by Gasteiger charge is 2.21. The molecule has 1 heterocycles. The molecular weight excluding hydrogens is 381 g/mol. The van der Waals surface area contributed by atoms with E-state index in [1.165, 1.54) is 11.1 Å². The summed E-state index contributed by atoms with van der Waals surface area (Å²) in [4.78, 5) is 0. The van der Waals surface area contributed by atoms with Gasteiger partial charge in [0.2, 0.25) is 10.0 Å². The molecule has 25 heavy (non-hydrogen) atoms. The molecule has 2 aromatic rings. The number of ether oxygens (including phenoxy) is 1. The summed E-state index contributed by atoms with van der Waals surface area (Å²) in [6.07, 6.45) is 0.692. The molecule has 0 spiro atoms. The first-order chi connectivity index (χ1) is 11.9. The summed E-state index contributed by atoms with van der Waals surface area (Å²) < 4.78 is 32.8. The Bertz CT molecular complexity index is 855. The second-order valence-electron chi connectivity index (χ2n) is 6.10. The molecule has 0 bridgehead atoms. The lowest BCUT2D eigenvalue weighted by atomic mass is 9.91. The summed E-state index contributed by atoms with van der Waals surface area (Å²) in [6.45, 7) is 1.60. The van der Waals surface area contributed by atoms with E-state index >= 15 is 0 Å². The molecule has 134 valence electrons. The lowest BCUT2D eigenvalue weighted by Crippen LogP contribution is -2.28. The second-order valence-corrected chi connectivity index (χ2v) is 8.72. The highest BCUT2D eigenvalue weighted by Crippen LogP contribution is 2.28. The quantitative estimate of drug-likeness (QED) is 0.794. The molecule has 1 N–H and O–H groups in total. The van der Waals surface area contributed by atoms with E-state index in [-0.39, 0.29) is 11.7 Å². The van der Waals surface area contributed by atoms with Gasteiger partial charge < -0.3 is 4.74 Å². The van der Waals surface area contributed by atoms with Gasteiger partial charge in [0.1, 0.15) is 0 Å². The van der Waals surface area contributed by atoms with Crippen molar-refractivity contribution in [1.82, 2.24) is 4.72 Å². The first-order valence-corrected chi connectivity index (χ1v) is 10.4. The average molecular weight is 400 g/mol. The number of hydrogen-bond donors (Lipinski definition) is 1. The molecule has 0 fully saturated rings. The van der Waals surface area contributed by atoms with Crippen LogP contribution >= 0.6 is 23.2 Å². The number of sulfonamides is 1. The first-order valence-electron chi connectivity index (χ1n) is 8.01. The van der Waals surface area contributed by atoms with Gasteiger partial charge in [-0.25, -0.2) is 13.1 Å². The summed E-state index contributed by atoms with van der Waals surface area (Å²) in [7, 11) is -3.43. The van der Waals surface area contributed by atoms with Gasteiger partial charge in [-0.1, -0.05) is 53.5 Å². The third-order valence-electron chi connectivity index (χ3n) is 4.23. The van der Waals surface area contributed by atoms with Gasteiger partial charge >= 0.3 is 0 Å². The molecule has 0 amide bonds. The van der Waals surface area contributed by atoms with E-state index in [2.05, 4.69) is 16.9 Å². The van der Waals surface area contributed by atoms with E-state index in [0.29, 0.717) is 41.8 Å². The highest BCUT2D eigenvalue weighted by atomic mass is 35.5. The molecular formula is C18H19Cl2NO3S. The van der Waals surface area contributed by atoms with E-state index < -0.39 is 10.0 Å². The van der Waals surface area contributed by atoms with E-state index in [0.717, 1.165) is 0 Å². The average Bonchev–Trinajstić information content (AvgIpc) is 2.58. The van der Waals surface area contributed by atoms with Gasteiger partial charge in [0, 0.05) is 12.5 Å². The van der Waals surface area contributed by atoms with Crippen LogP contribution in [0.1, 0.15) is 29.0 Å². The van der Waals surface area contributed by atoms with Gasteiger partial charge in [-0.05, 0) is 35.2 Å². The molecule has 0 aliphatic carbocycles. The zero-order chi connectivity index (χ0) is 17.9. The molecule has 0 saturated heterocycles. The van der Waals surface area contributed by atoms with E-state index in [1.807, 2.05) is 12.1 Å². The van der Waals surface area contributed by atoms with Crippen LogP contribution in [0.4, 0.5) is 0 Å². The maximum atomic E-state index is 12.3. The predicted molar refractivity (Wildman–Crippen MR) is 101 cm³/mol. The van der Waals surface area contributed by atoms with Crippen LogP contribution in [0.2, 0.25) is 10.0 Å².